The maximum absolute atomic E-state index is 13.1. The Morgan fingerprint density at radius 1 is 0.797 bits per heavy atom. The van der Waals surface area contributed by atoms with Gasteiger partial charge < -0.3 is 61.2 Å². The largest absolute Gasteiger partial charge is 1.00 e. The molecule has 5 aromatic rings. The second-order valence-corrected chi connectivity index (χ2v) is 18.7. The van der Waals surface area contributed by atoms with Gasteiger partial charge in [0, 0.05) is 66.1 Å². The van der Waals surface area contributed by atoms with Crippen LogP contribution in [0.25, 0.3) is 10.5 Å². The van der Waals surface area contributed by atoms with Crippen LogP contribution in [0.5, 0.6) is 11.5 Å². The predicted molar refractivity (Wildman–Crippen MR) is 243 cm³/mol. The summed E-state index contributed by atoms with van der Waals surface area (Å²) in [5, 5.41) is 97.0. The first-order valence-electron chi connectivity index (χ1n) is 20.7. The molecule has 4 amide bonds. The average molecular weight is 1170 g/mol. The Morgan fingerprint density at radius 3 is 1.80 bits per heavy atom. The number of nitrogens with zero attached hydrogens (tertiary/aromatic N) is 9. The van der Waals surface area contributed by atoms with Crippen molar-refractivity contribution in [1.29, 1.82) is 0 Å². The van der Waals surface area contributed by atoms with Crippen LogP contribution in [-0.4, -0.2) is 73.4 Å². The van der Waals surface area contributed by atoms with Crippen molar-refractivity contribution >= 4 is 122 Å². The number of aromatic carboxylic acids is 1. The number of anilines is 4. The molecular formula is C44H35N13Na6O14S2. The maximum atomic E-state index is 13.1. The molecule has 0 fully saturated rings. The van der Waals surface area contributed by atoms with Gasteiger partial charge in [-0.3, -0.25) is 23.9 Å². The van der Waals surface area contributed by atoms with Crippen LogP contribution in [0.15, 0.2) is 61.3 Å². The Hall–Kier alpha value is -3.26. The number of carboxylic acid groups (broad SMARTS) is 3. The summed E-state index contributed by atoms with van der Waals surface area (Å²) in [5.41, 5.74) is -0.917. The van der Waals surface area contributed by atoms with Gasteiger partial charge >= 0.3 is 183 Å². The van der Waals surface area contributed by atoms with Crippen molar-refractivity contribution in [3.8, 4) is 17.2 Å². The Balaban J connectivity index is 0. The van der Waals surface area contributed by atoms with Gasteiger partial charge in [-0.05, 0) is 35.4 Å². The minimum Gasteiger partial charge on any atom is -0.871 e. The molecule has 0 aliphatic carbocycles. The fourth-order valence-electron chi connectivity index (χ4n) is 7.17. The van der Waals surface area contributed by atoms with Gasteiger partial charge in [0.05, 0.1) is 30.1 Å². The van der Waals surface area contributed by atoms with Crippen LogP contribution < -0.4 is 224 Å². The SMILES string of the molecule is CC1(C)CC(=O)Nc2c(N=Nc3nnc(SCC(=O)[O-])s3)cc(NC(=O)CCC(=O)[O-])c([O-])c21.O=C=O.[C-]#[N+]c1cnn(-c2c[c-]cc(C(=O)[O-])c2)c1N=Nc1cc(NC(C)=O)c([O-])c2c1NC(=O)CC2(C)C.[Na+].[Na+].[Na+].[Na+].[Na+].[Na+]. The summed E-state index contributed by atoms with van der Waals surface area (Å²) < 4.78 is 1.52. The van der Waals surface area contributed by atoms with E-state index in [1.54, 1.807) is 27.7 Å². The molecule has 7 rings (SSSR count). The normalized spacial score (nSPS) is 12.8. The molecule has 0 saturated heterocycles. The van der Waals surface area contributed by atoms with E-state index >= 15 is 0 Å². The molecule has 3 aromatic carbocycles. The van der Waals surface area contributed by atoms with Crippen molar-refractivity contribution in [2.75, 3.05) is 27.0 Å². The zero-order valence-corrected chi connectivity index (χ0v) is 58.2. The summed E-state index contributed by atoms with van der Waals surface area (Å²) in [6, 6.07) is 9.12. The molecule has 2 aliphatic heterocycles. The third-order valence-corrected chi connectivity index (χ3v) is 12.0. The van der Waals surface area contributed by atoms with Crippen LogP contribution in [0.4, 0.5) is 50.8 Å². The van der Waals surface area contributed by atoms with E-state index in [1.165, 1.54) is 48.1 Å². The van der Waals surface area contributed by atoms with Crippen LogP contribution in [-0.2, 0) is 49.2 Å². The molecule has 4 heterocycles. The van der Waals surface area contributed by atoms with Crippen LogP contribution in [0, 0.1) is 12.6 Å². The van der Waals surface area contributed by atoms with Crippen molar-refractivity contribution in [2.24, 2.45) is 20.5 Å². The van der Waals surface area contributed by atoms with Crippen molar-refractivity contribution < 1.29 is 246 Å². The van der Waals surface area contributed by atoms with Crippen LogP contribution in [0.2, 0.25) is 0 Å². The predicted octanol–water partition coefficient (Wildman–Crippen LogP) is -15.9. The molecule has 0 saturated carbocycles. The van der Waals surface area contributed by atoms with E-state index in [2.05, 4.69) is 67.9 Å². The second kappa shape index (κ2) is 35.0. The summed E-state index contributed by atoms with van der Waals surface area (Å²) in [6.07, 6.45) is 0.636. The second-order valence-electron chi connectivity index (χ2n) is 16.5. The molecule has 2 aliphatic rings. The number of carbonyl (C=O) groups is 7. The number of rotatable bonds is 14. The van der Waals surface area contributed by atoms with Gasteiger partial charge in [-0.2, -0.15) is 32.9 Å². The van der Waals surface area contributed by atoms with Gasteiger partial charge in [-0.25, -0.2) is 4.85 Å². The minimum absolute atomic E-state index is 0. The van der Waals surface area contributed by atoms with Crippen molar-refractivity contribution in [1.82, 2.24) is 20.0 Å². The molecule has 0 atom stereocenters. The Labute approximate surface area is 590 Å². The number of azo groups is 2. The van der Waals surface area contributed by atoms with E-state index in [0.717, 1.165) is 23.1 Å². The number of nitrogens with one attached hydrogen (secondary N) is 4. The first kappa shape index (κ1) is 77.8. The van der Waals surface area contributed by atoms with Gasteiger partial charge in [-0.15, -0.1) is 42.3 Å². The number of carbonyl (C=O) groups excluding carboxylic acids is 9. The molecule has 4 N–H and O–H groups in total. The van der Waals surface area contributed by atoms with Crippen molar-refractivity contribution in [3.05, 3.63) is 70.7 Å². The van der Waals surface area contributed by atoms with E-state index in [9.17, 15) is 59.1 Å². The molecule has 2 aromatic heterocycles. The van der Waals surface area contributed by atoms with Gasteiger partial charge in [0.1, 0.15) is 11.4 Å². The van der Waals surface area contributed by atoms with E-state index in [4.69, 9.17) is 16.2 Å². The number of carboxylic acids is 3. The fourth-order valence-corrected chi connectivity index (χ4v) is 8.55. The number of fused-ring (bicyclic) bond motifs is 2. The van der Waals surface area contributed by atoms with Crippen molar-refractivity contribution in [3.63, 3.8) is 0 Å². The molecule has 35 heteroatoms. The number of hydrogen-bond acceptors (Lipinski definition) is 23. The summed E-state index contributed by atoms with van der Waals surface area (Å²) >= 11 is 1.87. The average Bonchev–Trinajstić information content (AvgIpc) is 3.94. The minimum atomic E-state index is -1.41. The van der Waals surface area contributed by atoms with Crippen molar-refractivity contribution in [2.45, 2.75) is 75.5 Å². The molecule has 0 unspecified atom stereocenters. The molecule has 27 nitrogen and oxygen atoms in total. The van der Waals surface area contributed by atoms with E-state index in [0.29, 0.717) is 4.34 Å². The third kappa shape index (κ3) is 21.1. The summed E-state index contributed by atoms with van der Waals surface area (Å²) in [5.74, 6) is -7.26. The fraction of sp³-hybridized carbons (Fsp3) is 0.273. The molecular weight excluding hydrogens is 1140 g/mol. The number of hydrogen-bond donors (Lipinski definition) is 4. The summed E-state index contributed by atoms with van der Waals surface area (Å²) in [4.78, 5) is 100. The van der Waals surface area contributed by atoms with Gasteiger partial charge in [0.15, 0.2) is 10.2 Å². The molecule has 378 valence electrons. The molecule has 0 spiro atoms. The quantitative estimate of drug-likeness (QED) is 0.0347. The first-order chi connectivity index (χ1) is 34.4. The van der Waals surface area contributed by atoms with E-state index in [1.807, 2.05) is 0 Å². The summed E-state index contributed by atoms with van der Waals surface area (Å²) in [7, 11) is 0. The number of benzene rings is 3. The Kier molecular flexibility index (Phi) is 34.5. The molecule has 0 bridgehead atoms. The standard InChI is InChI=1S/C24H20N7O5.C19H20N6O7S2.CO2.6Na/c1-12(32)27-16-9-15(20-19(21(16)34)24(2,3)10-18(33)28-20)29-30-22-17(25-4)11-26-31(22)14-7-5-6-13(8-14)23(35)36;1-19(2)6-11(27)21-15-8(22-23-17-24-25-18(34-17)33-7-13(30)31)5-9(16(32)14(15)19)20-10(26)3-4-12(28)29;2-1-3;;;;;;/h6-9,11,34H,10H2,1-3H3,(H,27,32)(H,28,33)(H,35,36);5,32H,3-4,6-7H2,1-2H3,(H,20,26)(H,21,27)(H,28,29)(H,30,31);;;;;;;/q-1;;;6*+1/p-5. The monoisotopic (exact) mass is 1170 g/mol. The van der Waals surface area contributed by atoms with Gasteiger partial charge in [-0.1, -0.05) is 62.3 Å². The van der Waals surface area contributed by atoms with Crippen LogP contribution >= 0.6 is 23.1 Å². The Bertz CT molecular complexity index is 3240. The Morgan fingerprint density at radius 2 is 1.32 bits per heavy atom. The maximum Gasteiger partial charge on any atom is 1.00 e. The number of amides is 4. The van der Waals surface area contributed by atoms with Crippen LogP contribution in [0.3, 0.4) is 0 Å². The first-order valence-corrected chi connectivity index (χ1v) is 22.5. The van der Waals surface area contributed by atoms with Gasteiger partial charge in [0.2, 0.25) is 23.6 Å². The smallest absolute Gasteiger partial charge is 0.871 e. The summed E-state index contributed by atoms with van der Waals surface area (Å²) in [6.45, 7) is 15.5. The number of aliphatic carboxylic acids is 2. The third-order valence-electron chi connectivity index (χ3n) is 10.1. The zero-order valence-electron chi connectivity index (χ0n) is 44.6. The zero-order chi connectivity index (χ0) is 53.9. The van der Waals surface area contributed by atoms with E-state index < -0.39 is 64.9 Å². The number of thioether (sulfide) groups is 1. The topological polar surface area (TPSA) is 414 Å². The molecule has 79 heavy (non-hydrogen) atoms. The van der Waals surface area contributed by atoms with Gasteiger partial charge in [0.25, 0.3) is 10.8 Å². The molecule has 0 radical (unpaired) electrons. The van der Waals surface area contributed by atoms with Crippen LogP contribution in [0.1, 0.15) is 81.8 Å². The number of aromatic nitrogens is 4. The van der Waals surface area contributed by atoms with E-state index in [-0.39, 0.29) is 287 Å².